The number of carbonyl (C=O) groups excluding carboxylic acids is 1. The largest absolute Gasteiger partial charge is 0.493 e. The highest BCUT2D eigenvalue weighted by Gasteiger charge is 2.61. The van der Waals surface area contributed by atoms with Crippen LogP contribution in [0.5, 0.6) is 11.5 Å². The van der Waals surface area contributed by atoms with Crippen molar-refractivity contribution in [3.8, 4) is 11.5 Å². The summed E-state index contributed by atoms with van der Waals surface area (Å²) >= 11 is 10.8. The van der Waals surface area contributed by atoms with E-state index in [9.17, 15) is 4.79 Å². The zero-order chi connectivity index (χ0) is 18.6. The highest BCUT2D eigenvalue weighted by atomic mass is 35.5. The molecule has 27 heavy (non-hydrogen) atoms. The molecule has 2 atom stereocenters. The first-order valence-corrected chi connectivity index (χ1v) is 12.3. The van der Waals surface area contributed by atoms with Crippen molar-refractivity contribution in [1.82, 2.24) is 0 Å². The Morgan fingerprint density at radius 2 is 1.81 bits per heavy atom. The number of hydrogen-bond acceptors (Lipinski definition) is 5. The number of esters is 1. The van der Waals surface area contributed by atoms with Crippen LogP contribution in [-0.4, -0.2) is 29.5 Å². The molecule has 3 nitrogen and oxygen atoms in total. The number of carbonyl (C=O) groups is 1. The lowest BCUT2D eigenvalue weighted by Crippen LogP contribution is -2.56. The molecule has 0 radical (unpaired) electrons. The van der Waals surface area contributed by atoms with Crippen LogP contribution in [-0.2, 0) is 4.79 Å². The second-order valence-electron chi connectivity index (χ2n) is 8.77. The molecule has 4 aliphatic carbocycles. The Morgan fingerprint density at radius 3 is 2.44 bits per heavy atom. The Morgan fingerprint density at radius 1 is 1.11 bits per heavy atom. The third-order valence-electron chi connectivity index (χ3n) is 6.71. The molecule has 0 unspecified atom stereocenters. The highest BCUT2D eigenvalue weighted by Crippen LogP contribution is 2.64. The fourth-order valence-electron chi connectivity index (χ4n) is 6.06. The molecule has 5 fully saturated rings. The van der Waals surface area contributed by atoms with E-state index in [0.29, 0.717) is 27.9 Å². The molecule has 1 saturated heterocycles. The van der Waals surface area contributed by atoms with Crippen LogP contribution in [0.2, 0.25) is 0 Å². The van der Waals surface area contributed by atoms with Gasteiger partial charge in [-0.2, -0.15) is 0 Å². The number of alkyl halides is 1. The van der Waals surface area contributed by atoms with E-state index in [2.05, 4.69) is 6.07 Å². The molecule has 0 amide bonds. The number of methoxy groups -OCH3 is 1. The summed E-state index contributed by atoms with van der Waals surface area (Å²) in [6.45, 7) is 0. The number of hydrogen-bond donors (Lipinski definition) is 0. The van der Waals surface area contributed by atoms with Crippen LogP contribution in [0.4, 0.5) is 0 Å². The van der Waals surface area contributed by atoms with Gasteiger partial charge >= 0.3 is 5.97 Å². The van der Waals surface area contributed by atoms with Crippen LogP contribution in [0.1, 0.15) is 48.7 Å². The van der Waals surface area contributed by atoms with Gasteiger partial charge in [0.1, 0.15) is 0 Å². The van der Waals surface area contributed by atoms with Gasteiger partial charge in [-0.1, -0.05) is 6.07 Å². The summed E-state index contributed by atoms with van der Waals surface area (Å²) in [6, 6.07) is 6.01. The van der Waals surface area contributed by atoms with Crippen molar-refractivity contribution in [2.24, 2.45) is 17.3 Å². The predicted octanol–water partition coefficient (Wildman–Crippen LogP) is 5.66. The highest BCUT2D eigenvalue weighted by molar-refractivity contribution is 8.19. The fraction of sp³-hybridized carbons (Fsp3) is 0.667. The molecule has 5 aliphatic rings. The second kappa shape index (κ2) is 6.77. The van der Waals surface area contributed by atoms with Gasteiger partial charge in [-0.05, 0) is 68.1 Å². The lowest BCUT2D eigenvalue weighted by molar-refractivity contribution is -0.160. The normalized spacial score (nSPS) is 37.6. The first-order chi connectivity index (χ1) is 13.0. The zero-order valence-corrected chi connectivity index (χ0v) is 17.9. The molecule has 1 aromatic carbocycles. The minimum absolute atomic E-state index is 0.0997. The molecular weight excluding hydrogens is 400 g/mol. The van der Waals surface area contributed by atoms with E-state index in [1.54, 1.807) is 7.11 Å². The predicted molar refractivity (Wildman–Crippen MR) is 112 cm³/mol. The van der Waals surface area contributed by atoms with Gasteiger partial charge in [-0.3, -0.25) is 4.79 Å². The van der Waals surface area contributed by atoms with Gasteiger partial charge in [0.05, 0.1) is 17.1 Å². The first-order valence-electron chi connectivity index (χ1n) is 9.81. The van der Waals surface area contributed by atoms with E-state index in [1.165, 1.54) is 23.5 Å². The van der Waals surface area contributed by atoms with E-state index >= 15 is 0 Å². The molecule has 6 heteroatoms. The Kier molecular flexibility index (Phi) is 4.64. The minimum atomic E-state index is -0.396. The van der Waals surface area contributed by atoms with Crippen LogP contribution in [0, 0.1) is 17.3 Å². The van der Waals surface area contributed by atoms with E-state index in [-0.39, 0.29) is 10.8 Å². The Labute approximate surface area is 174 Å². The molecule has 4 bridgehead atoms. The van der Waals surface area contributed by atoms with E-state index < -0.39 is 5.41 Å². The monoisotopic (exact) mass is 424 g/mol. The minimum Gasteiger partial charge on any atom is -0.493 e. The third-order valence-corrected chi connectivity index (χ3v) is 10.3. The summed E-state index contributed by atoms with van der Waals surface area (Å²) in [5.74, 6) is 4.61. The van der Waals surface area contributed by atoms with Crippen LogP contribution >= 0.6 is 35.1 Å². The van der Waals surface area contributed by atoms with Crippen molar-refractivity contribution in [3.63, 3.8) is 0 Å². The van der Waals surface area contributed by atoms with Gasteiger partial charge in [0, 0.05) is 16.4 Å². The SMILES string of the molecule is COc1cc(C2SCCS2)ccc1OC(=O)C12C[C@H]3C[C@@H](CC(Cl)(C3)C1)C2. The number of thioether (sulfide) groups is 2. The van der Waals surface area contributed by atoms with Gasteiger partial charge in [-0.15, -0.1) is 35.1 Å². The van der Waals surface area contributed by atoms with Crippen LogP contribution in [0.3, 0.4) is 0 Å². The number of benzene rings is 1. The van der Waals surface area contributed by atoms with Crippen LogP contribution < -0.4 is 9.47 Å². The first kappa shape index (κ1) is 18.5. The summed E-state index contributed by atoms with van der Waals surface area (Å²) in [6.07, 6.45) is 6.00. The zero-order valence-electron chi connectivity index (χ0n) is 15.5. The molecule has 1 aromatic rings. The Hall–Kier alpha value is -0.520. The smallest absolute Gasteiger partial charge is 0.317 e. The quantitative estimate of drug-likeness (QED) is 0.354. The summed E-state index contributed by atoms with van der Waals surface area (Å²) in [5, 5.41) is 0. The molecule has 1 heterocycles. The summed E-state index contributed by atoms with van der Waals surface area (Å²) in [5.41, 5.74) is 0.834. The van der Waals surface area contributed by atoms with Gasteiger partial charge in [0.25, 0.3) is 0 Å². The average molecular weight is 425 g/mol. The number of ether oxygens (including phenoxy) is 2. The fourth-order valence-corrected chi connectivity index (χ4v) is 9.59. The van der Waals surface area contributed by atoms with Gasteiger partial charge < -0.3 is 9.47 Å². The summed E-state index contributed by atoms with van der Waals surface area (Å²) < 4.78 is 12.0. The summed E-state index contributed by atoms with van der Waals surface area (Å²) in [7, 11) is 1.64. The maximum absolute atomic E-state index is 13.3. The molecule has 0 spiro atoms. The van der Waals surface area contributed by atoms with Gasteiger partial charge in [0.2, 0.25) is 0 Å². The third kappa shape index (κ3) is 3.28. The topological polar surface area (TPSA) is 35.5 Å². The molecule has 4 saturated carbocycles. The van der Waals surface area contributed by atoms with E-state index in [4.69, 9.17) is 21.1 Å². The molecule has 6 rings (SSSR count). The number of halogens is 1. The van der Waals surface area contributed by atoms with Crippen molar-refractivity contribution >= 4 is 41.1 Å². The van der Waals surface area contributed by atoms with Crippen LogP contribution in [0.25, 0.3) is 0 Å². The standard InChI is InChI=1S/C21H25ClO3S2/c1-24-17-7-15(18-26-4-5-27-18)2-3-16(17)25-19(23)20-8-13-6-14(9-20)11-21(22,10-13)12-20/h2-3,7,13-14,18H,4-6,8-12H2,1H3/t13-,14-,20?,21?/m1/s1. The number of rotatable bonds is 4. The lowest BCUT2D eigenvalue weighted by atomic mass is 9.49. The summed E-state index contributed by atoms with van der Waals surface area (Å²) in [4.78, 5) is 13.1. The Balaban J connectivity index is 1.38. The lowest BCUT2D eigenvalue weighted by Gasteiger charge is -2.58. The van der Waals surface area contributed by atoms with Crippen molar-refractivity contribution in [2.45, 2.75) is 48.0 Å². The van der Waals surface area contributed by atoms with Crippen molar-refractivity contribution in [1.29, 1.82) is 0 Å². The van der Waals surface area contributed by atoms with Gasteiger partial charge in [-0.25, -0.2) is 0 Å². The van der Waals surface area contributed by atoms with Crippen molar-refractivity contribution in [3.05, 3.63) is 23.8 Å². The maximum Gasteiger partial charge on any atom is 0.317 e. The van der Waals surface area contributed by atoms with Crippen molar-refractivity contribution < 1.29 is 14.3 Å². The van der Waals surface area contributed by atoms with Crippen molar-refractivity contribution in [2.75, 3.05) is 18.6 Å². The van der Waals surface area contributed by atoms with Crippen LogP contribution in [0.15, 0.2) is 18.2 Å². The molecule has 0 N–H and O–H groups in total. The molecule has 0 aromatic heterocycles. The average Bonchev–Trinajstić information content (AvgIpc) is 3.14. The van der Waals surface area contributed by atoms with E-state index in [0.717, 1.165) is 32.1 Å². The molecular formula is C21H25ClO3S2. The van der Waals surface area contributed by atoms with Gasteiger partial charge in [0.15, 0.2) is 11.5 Å². The Bertz CT molecular complexity index is 748. The molecule has 1 aliphatic heterocycles. The van der Waals surface area contributed by atoms with E-state index in [1.807, 2.05) is 35.7 Å². The molecule has 146 valence electrons. The second-order valence-corrected chi connectivity index (χ2v) is 12.3. The maximum atomic E-state index is 13.3.